The highest BCUT2D eigenvalue weighted by molar-refractivity contribution is 6.09. The molecular formula is C29H31FN4O6. The van der Waals surface area contributed by atoms with Gasteiger partial charge in [-0.2, -0.15) is 0 Å². The van der Waals surface area contributed by atoms with E-state index in [0.29, 0.717) is 0 Å². The molecule has 3 aromatic rings. The van der Waals surface area contributed by atoms with Crippen molar-refractivity contribution in [2.45, 2.75) is 26.5 Å². The van der Waals surface area contributed by atoms with Crippen molar-refractivity contribution in [3.8, 4) is 5.75 Å². The van der Waals surface area contributed by atoms with Crippen molar-refractivity contribution in [3.05, 3.63) is 89.2 Å². The maximum atomic E-state index is 14.5. The summed E-state index contributed by atoms with van der Waals surface area (Å²) in [6.07, 6.45) is 0. The number of benzene rings is 3. The molecule has 0 spiro atoms. The number of nitrogens with zero attached hydrogens (tertiary/aromatic N) is 2. The smallest absolute Gasteiger partial charge is 0.342 e. The summed E-state index contributed by atoms with van der Waals surface area (Å²) in [4.78, 5) is 53.7. The van der Waals surface area contributed by atoms with Gasteiger partial charge in [0.1, 0.15) is 23.7 Å². The van der Waals surface area contributed by atoms with Crippen LogP contribution in [0, 0.1) is 5.82 Å². The van der Waals surface area contributed by atoms with Crippen LogP contribution in [0.5, 0.6) is 5.75 Å². The zero-order chi connectivity index (χ0) is 29.4. The van der Waals surface area contributed by atoms with Crippen molar-refractivity contribution < 1.29 is 33.0 Å². The van der Waals surface area contributed by atoms with Gasteiger partial charge in [-0.15, -0.1) is 0 Å². The first-order chi connectivity index (χ1) is 19.0. The summed E-state index contributed by atoms with van der Waals surface area (Å²) in [5, 5.41) is 4.41. The number of anilines is 2. The summed E-state index contributed by atoms with van der Waals surface area (Å²) in [7, 11) is 4.38. The molecule has 2 N–H and O–H groups in total. The van der Waals surface area contributed by atoms with Crippen LogP contribution < -0.4 is 20.3 Å². The van der Waals surface area contributed by atoms with Crippen molar-refractivity contribution in [3.63, 3.8) is 0 Å². The molecule has 0 aromatic heterocycles. The molecule has 0 aliphatic rings. The number of urea groups is 2. The van der Waals surface area contributed by atoms with Gasteiger partial charge >= 0.3 is 18.0 Å². The van der Waals surface area contributed by atoms with Crippen molar-refractivity contribution in [2.24, 2.45) is 0 Å². The van der Waals surface area contributed by atoms with Gasteiger partial charge < -0.3 is 19.7 Å². The summed E-state index contributed by atoms with van der Waals surface area (Å²) in [6.45, 7) is 3.45. The Morgan fingerprint density at radius 2 is 1.62 bits per heavy atom. The Bertz CT molecular complexity index is 1390. The number of rotatable bonds is 8. The second-order valence-electron chi connectivity index (χ2n) is 9.16. The monoisotopic (exact) mass is 550 g/mol. The first kappa shape index (κ1) is 29.6. The van der Waals surface area contributed by atoms with Crippen molar-refractivity contribution in [2.75, 3.05) is 31.4 Å². The quantitative estimate of drug-likeness (QED) is 0.379. The average molecular weight is 551 g/mol. The summed E-state index contributed by atoms with van der Waals surface area (Å²) in [6, 6.07) is 15.0. The molecule has 11 heteroatoms. The van der Waals surface area contributed by atoms with E-state index >= 15 is 0 Å². The minimum atomic E-state index is -1.05. The zero-order valence-corrected chi connectivity index (χ0v) is 22.9. The number of nitrogens with one attached hydrogen (secondary N) is 2. The van der Waals surface area contributed by atoms with Crippen LogP contribution in [0.1, 0.15) is 40.1 Å². The lowest BCUT2D eigenvalue weighted by Crippen LogP contribution is -2.48. The first-order valence-electron chi connectivity index (χ1n) is 12.3. The van der Waals surface area contributed by atoms with Gasteiger partial charge in [-0.25, -0.2) is 18.8 Å². The predicted octanol–water partition coefficient (Wildman–Crippen LogP) is 5.05. The van der Waals surface area contributed by atoms with Gasteiger partial charge in [0.15, 0.2) is 0 Å². The molecule has 3 aromatic carbocycles. The number of para-hydroxylation sites is 1. The molecule has 40 heavy (non-hydrogen) atoms. The molecule has 0 bridgehead atoms. The molecule has 0 saturated carbocycles. The Labute approximate surface area is 231 Å². The minimum Gasteiger partial charge on any atom is -0.496 e. The summed E-state index contributed by atoms with van der Waals surface area (Å²) in [5.41, 5.74) is 0.710. The third kappa shape index (κ3) is 7.13. The molecule has 0 saturated heterocycles. The van der Waals surface area contributed by atoms with Gasteiger partial charge in [-0.05, 0) is 49.7 Å². The summed E-state index contributed by atoms with van der Waals surface area (Å²) >= 11 is 0. The van der Waals surface area contributed by atoms with E-state index in [4.69, 9.17) is 9.47 Å². The van der Waals surface area contributed by atoms with Gasteiger partial charge in [0, 0.05) is 25.8 Å². The summed E-state index contributed by atoms with van der Waals surface area (Å²) < 4.78 is 25.3. The predicted molar refractivity (Wildman–Crippen MR) is 148 cm³/mol. The lowest BCUT2D eigenvalue weighted by Gasteiger charge is -2.27. The Morgan fingerprint density at radius 1 is 0.925 bits per heavy atom. The number of methoxy groups -OCH3 is 1. The molecule has 0 fully saturated rings. The van der Waals surface area contributed by atoms with Crippen LogP contribution in [0.25, 0.3) is 0 Å². The van der Waals surface area contributed by atoms with E-state index in [-0.39, 0.29) is 34.9 Å². The maximum Gasteiger partial charge on any atom is 0.342 e. The van der Waals surface area contributed by atoms with E-state index in [1.165, 1.54) is 55.3 Å². The van der Waals surface area contributed by atoms with Gasteiger partial charge in [-0.3, -0.25) is 15.0 Å². The summed E-state index contributed by atoms with van der Waals surface area (Å²) in [5.74, 6) is -1.80. The minimum absolute atomic E-state index is 0.0377. The Balaban J connectivity index is 1.81. The highest BCUT2D eigenvalue weighted by Gasteiger charge is 2.25. The van der Waals surface area contributed by atoms with E-state index in [1.807, 2.05) is 30.3 Å². The standard InChI is InChI=1S/C29H31FN4O6/c1-18(2)34(29(38)32-28(37)31-25-21(26(35)33(3)4)12-9-13-23(25)30)20-14-15-24(39-5)22(16-20)27(36)40-17-19-10-7-6-8-11-19/h6-16,18H,17H2,1-5H3,(H2,31,32,37,38). The second-order valence-corrected chi connectivity index (χ2v) is 9.16. The van der Waals surface area contributed by atoms with Crippen LogP contribution in [-0.4, -0.2) is 56.1 Å². The van der Waals surface area contributed by atoms with Gasteiger partial charge in [0.05, 0.1) is 18.4 Å². The third-order valence-corrected chi connectivity index (χ3v) is 5.74. The average Bonchev–Trinajstić information content (AvgIpc) is 2.92. The number of carbonyl (C=O) groups is 4. The van der Waals surface area contributed by atoms with Crippen LogP contribution in [-0.2, 0) is 11.3 Å². The normalized spacial score (nSPS) is 10.5. The molecule has 0 aliphatic carbocycles. The molecule has 210 valence electrons. The zero-order valence-electron chi connectivity index (χ0n) is 22.9. The maximum absolute atomic E-state index is 14.5. The lowest BCUT2D eigenvalue weighted by atomic mass is 10.1. The number of esters is 1. The highest BCUT2D eigenvalue weighted by atomic mass is 19.1. The Hall–Kier alpha value is -4.93. The van der Waals surface area contributed by atoms with Gasteiger partial charge in [-0.1, -0.05) is 36.4 Å². The number of imide groups is 1. The van der Waals surface area contributed by atoms with Crippen molar-refractivity contribution in [1.82, 2.24) is 10.2 Å². The Morgan fingerprint density at radius 3 is 2.25 bits per heavy atom. The lowest BCUT2D eigenvalue weighted by molar-refractivity contribution is 0.0469. The van der Waals surface area contributed by atoms with Crippen molar-refractivity contribution >= 4 is 35.3 Å². The number of halogens is 1. The topological polar surface area (TPSA) is 117 Å². The Kier molecular flexibility index (Phi) is 9.80. The molecule has 3 rings (SSSR count). The van der Waals surface area contributed by atoms with Crippen molar-refractivity contribution in [1.29, 1.82) is 0 Å². The van der Waals surface area contributed by atoms with Crippen LogP contribution in [0.3, 0.4) is 0 Å². The van der Waals surface area contributed by atoms with E-state index < -0.39 is 35.8 Å². The van der Waals surface area contributed by atoms with Gasteiger partial charge in [0.2, 0.25) is 0 Å². The molecule has 0 aliphatic heterocycles. The molecule has 0 unspecified atom stereocenters. The molecule has 0 heterocycles. The van der Waals surface area contributed by atoms with E-state index in [2.05, 4.69) is 10.6 Å². The first-order valence-corrected chi connectivity index (χ1v) is 12.3. The van der Waals surface area contributed by atoms with Crippen LogP contribution >= 0.6 is 0 Å². The number of hydrogen-bond donors (Lipinski definition) is 2. The molecular weight excluding hydrogens is 519 g/mol. The molecule has 5 amide bonds. The van der Waals surface area contributed by atoms with E-state index in [9.17, 15) is 23.6 Å². The number of carbonyl (C=O) groups excluding carboxylic acids is 4. The van der Waals surface area contributed by atoms with E-state index in [1.54, 1.807) is 19.9 Å². The number of amides is 5. The fourth-order valence-corrected chi connectivity index (χ4v) is 3.83. The molecule has 0 radical (unpaired) electrons. The van der Waals surface area contributed by atoms with Crippen LogP contribution in [0.15, 0.2) is 66.7 Å². The number of ether oxygens (including phenoxy) is 2. The van der Waals surface area contributed by atoms with Crippen LogP contribution in [0.2, 0.25) is 0 Å². The fourth-order valence-electron chi connectivity index (χ4n) is 3.83. The number of hydrogen-bond acceptors (Lipinski definition) is 6. The fraction of sp³-hybridized carbons (Fsp3) is 0.241. The van der Waals surface area contributed by atoms with Crippen LogP contribution in [0.4, 0.5) is 25.4 Å². The largest absolute Gasteiger partial charge is 0.496 e. The second kappa shape index (κ2) is 13.2. The highest BCUT2D eigenvalue weighted by Crippen LogP contribution is 2.28. The molecule has 10 nitrogen and oxygen atoms in total. The van der Waals surface area contributed by atoms with E-state index in [0.717, 1.165) is 11.6 Å². The SMILES string of the molecule is COc1ccc(N(C(=O)NC(=O)Nc2c(F)cccc2C(=O)N(C)C)C(C)C)cc1C(=O)OCc1ccccc1. The third-order valence-electron chi connectivity index (χ3n) is 5.74. The van der Waals surface area contributed by atoms with Gasteiger partial charge in [0.25, 0.3) is 5.91 Å². The molecule has 0 atom stereocenters.